The van der Waals surface area contributed by atoms with Crippen LogP contribution in [0.4, 0.5) is 0 Å². The van der Waals surface area contributed by atoms with Crippen molar-refractivity contribution in [1.82, 2.24) is 4.90 Å². The first kappa shape index (κ1) is 12.7. The Morgan fingerprint density at radius 2 is 1.57 bits per heavy atom. The van der Waals surface area contributed by atoms with Crippen LogP contribution < -0.4 is 0 Å². The summed E-state index contributed by atoms with van der Waals surface area (Å²) in [6.45, 7) is 9.84. The second-order valence-corrected chi connectivity index (χ2v) is 8.64. The van der Waals surface area contributed by atoms with E-state index in [1.54, 1.807) is 0 Å². The van der Waals surface area contributed by atoms with Gasteiger partial charge in [-0.2, -0.15) is 0 Å². The third-order valence-corrected chi connectivity index (χ3v) is 4.26. The summed E-state index contributed by atoms with van der Waals surface area (Å²) in [5.41, 5.74) is 0.181. The van der Waals surface area contributed by atoms with Gasteiger partial charge in [-0.25, -0.2) is 9.05 Å². The highest BCUT2D eigenvalue weighted by Crippen LogP contribution is 2.55. The lowest BCUT2D eigenvalue weighted by Crippen LogP contribution is -2.45. The summed E-state index contributed by atoms with van der Waals surface area (Å²) in [7, 11) is 0. The molecule has 1 fully saturated rings. The lowest BCUT2D eigenvalue weighted by molar-refractivity contribution is 0.0734. The van der Waals surface area contributed by atoms with Crippen LogP contribution >= 0.6 is 6.92 Å². The van der Waals surface area contributed by atoms with Gasteiger partial charge in [-0.1, -0.05) is 0 Å². The van der Waals surface area contributed by atoms with E-state index in [-0.39, 0.29) is 5.54 Å². The van der Waals surface area contributed by atoms with Gasteiger partial charge in [0.2, 0.25) is 0 Å². The first-order chi connectivity index (χ1) is 6.31. The summed E-state index contributed by atoms with van der Waals surface area (Å²) in [4.78, 5) is 2.36. The standard InChI is InChI=1S/C9H20NO2PS/c1-9(2,3)10-5-7-11-13(4,14)12-8-6-10/h5-8H2,1-4H3. The molecule has 84 valence electrons. The van der Waals surface area contributed by atoms with E-state index in [1.165, 1.54) is 0 Å². The highest BCUT2D eigenvalue weighted by molar-refractivity contribution is 8.37. The predicted molar refractivity (Wildman–Crippen MR) is 63.4 cm³/mol. The maximum Gasteiger partial charge on any atom is 0.157 e. The van der Waals surface area contributed by atoms with Crippen LogP contribution in [-0.2, 0) is 21.3 Å². The summed E-state index contributed by atoms with van der Waals surface area (Å²) < 4.78 is 11.1. The van der Waals surface area contributed by atoms with Gasteiger partial charge < -0.3 is 12.2 Å². The van der Waals surface area contributed by atoms with E-state index in [4.69, 9.17) is 21.3 Å². The Morgan fingerprint density at radius 1 is 1.14 bits per heavy atom. The van der Waals surface area contributed by atoms with Gasteiger partial charge in [-0.3, -0.25) is 4.90 Å². The number of rotatable bonds is 0. The summed E-state index contributed by atoms with van der Waals surface area (Å²) in [5.74, 6) is 0. The molecule has 1 rings (SSSR count). The van der Waals surface area contributed by atoms with E-state index in [9.17, 15) is 0 Å². The molecule has 0 aliphatic carbocycles. The zero-order valence-corrected chi connectivity index (χ0v) is 11.2. The molecule has 1 aliphatic heterocycles. The molecule has 0 aromatic heterocycles. The lowest BCUT2D eigenvalue weighted by Gasteiger charge is -2.38. The first-order valence-electron chi connectivity index (χ1n) is 4.93. The highest BCUT2D eigenvalue weighted by atomic mass is 32.7. The Hall–Kier alpha value is 0.660. The Kier molecular flexibility index (Phi) is 4.24. The average molecular weight is 237 g/mol. The molecule has 0 unspecified atom stereocenters. The van der Waals surface area contributed by atoms with E-state index >= 15 is 0 Å². The zero-order chi connectivity index (χ0) is 10.8. The Balaban J connectivity index is 2.49. The topological polar surface area (TPSA) is 21.7 Å². The fraction of sp³-hybridized carbons (Fsp3) is 1.00. The third kappa shape index (κ3) is 4.03. The second-order valence-electron chi connectivity index (χ2n) is 4.60. The summed E-state index contributed by atoms with van der Waals surface area (Å²) in [6, 6.07) is 0. The smallest absolute Gasteiger partial charge is 0.157 e. The maximum atomic E-state index is 5.56. The predicted octanol–water partition coefficient (Wildman–Crippen LogP) is 2.07. The van der Waals surface area contributed by atoms with Crippen molar-refractivity contribution in [1.29, 1.82) is 0 Å². The monoisotopic (exact) mass is 237 g/mol. The molecule has 0 atom stereocenters. The minimum Gasteiger partial charge on any atom is -0.493 e. The minimum atomic E-state index is -1.93. The van der Waals surface area contributed by atoms with Gasteiger partial charge in [0.05, 0.1) is 6.66 Å². The Labute approximate surface area is 92.8 Å². The summed E-state index contributed by atoms with van der Waals surface area (Å²) in [6.07, 6.45) is 0. The Bertz CT molecular complexity index is 182. The molecule has 0 aromatic carbocycles. The van der Waals surface area contributed by atoms with Crippen LogP contribution in [0, 0.1) is 0 Å². The van der Waals surface area contributed by atoms with Gasteiger partial charge in [0.25, 0.3) is 0 Å². The largest absolute Gasteiger partial charge is 0.493 e. The third-order valence-electron chi connectivity index (χ3n) is 2.32. The van der Waals surface area contributed by atoms with Crippen LogP contribution in [0.15, 0.2) is 0 Å². The van der Waals surface area contributed by atoms with Crippen molar-refractivity contribution in [3.05, 3.63) is 0 Å². The molecule has 0 bridgehead atoms. The molecule has 0 aromatic rings. The molecule has 14 heavy (non-hydrogen) atoms. The maximum absolute atomic E-state index is 5.56. The van der Waals surface area contributed by atoms with Crippen LogP contribution in [0.3, 0.4) is 0 Å². The molecule has 0 spiro atoms. The lowest BCUT2D eigenvalue weighted by atomic mass is 10.1. The van der Waals surface area contributed by atoms with Crippen LogP contribution in [0.5, 0.6) is 0 Å². The van der Waals surface area contributed by atoms with Gasteiger partial charge in [0.1, 0.15) is 13.2 Å². The average Bonchev–Trinajstić information content (AvgIpc) is 1.95. The zero-order valence-electron chi connectivity index (χ0n) is 9.45. The fourth-order valence-electron chi connectivity index (χ4n) is 1.45. The van der Waals surface area contributed by atoms with Crippen LogP contribution in [0.25, 0.3) is 0 Å². The molecule has 1 saturated heterocycles. The molecule has 1 aliphatic rings. The van der Waals surface area contributed by atoms with E-state index in [0.717, 1.165) is 13.1 Å². The van der Waals surface area contributed by atoms with Gasteiger partial charge >= 0.3 is 0 Å². The van der Waals surface area contributed by atoms with Gasteiger partial charge in [-0.05, 0) is 20.8 Å². The SMILES string of the molecule is CC(C)(C)N1CCO[P+](C)([S-])OCC1. The molecule has 0 saturated carbocycles. The normalized spacial score (nSPS) is 25.5. The molecule has 3 nitrogen and oxygen atoms in total. The van der Waals surface area contributed by atoms with Gasteiger partial charge in [-0.15, -0.1) is 0 Å². The van der Waals surface area contributed by atoms with E-state index in [0.29, 0.717) is 13.2 Å². The number of hydrogen-bond acceptors (Lipinski definition) is 4. The number of nitrogens with zero attached hydrogens (tertiary/aromatic N) is 1. The molecule has 1 heterocycles. The van der Waals surface area contributed by atoms with Crippen LogP contribution in [0.1, 0.15) is 20.8 Å². The molecule has 5 heteroatoms. The molecular weight excluding hydrogens is 217 g/mol. The van der Waals surface area contributed by atoms with E-state index in [1.807, 2.05) is 6.66 Å². The van der Waals surface area contributed by atoms with Crippen molar-refractivity contribution in [2.45, 2.75) is 26.3 Å². The Morgan fingerprint density at radius 3 is 1.93 bits per heavy atom. The molecular formula is C9H20NO2PS. The second kappa shape index (κ2) is 4.67. The molecule has 0 N–H and O–H groups in total. The molecule has 0 radical (unpaired) electrons. The van der Waals surface area contributed by atoms with Crippen molar-refractivity contribution < 1.29 is 9.05 Å². The van der Waals surface area contributed by atoms with Crippen molar-refractivity contribution in [3.8, 4) is 0 Å². The summed E-state index contributed by atoms with van der Waals surface area (Å²) >= 11 is 5.22. The molecule has 0 amide bonds. The van der Waals surface area contributed by atoms with E-state index in [2.05, 4.69) is 25.7 Å². The minimum absolute atomic E-state index is 0.181. The van der Waals surface area contributed by atoms with Crippen molar-refractivity contribution >= 4 is 19.2 Å². The van der Waals surface area contributed by atoms with Gasteiger partial charge in [0, 0.05) is 18.6 Å². The fourth-order valence-corrected chi connectivity index (χ4v) is 2.80. The van der Waals surface area contributed by atoms with Crippen molar-refractivity contribution in [3.63, 3.8) is 0 Å². The van der Waals surface area contributed by atoms with Crippen LogP contribution in [0.2, 0.25) is 0 Å². The summed E-state index contributed by atoms with van der Waals surface area (Å²) in [5, 5.41) is 0. The number of hydrogen-bond donors (Lipinski definition) is 0. The first-order valence-corrected chi connectivity index (χ1v) is 8.01. The quantitative estimate of drug-likeness (QED) is 0.475. The highest BCUT2D eigenvalue weighted by Gasteiger charge is 2.27. The van der Waals surface area contributed by atoms with Crippen molar-refractivity contribution in [2.24, 2.45) is 0 Å². The van der Waals surface area contributed by atoms with Crippen LogP contribution in [-0.4, -0.2) is 43.4 Å². The van der Waals surface area contributed by atoms with Gasteiger partial charge in [0.15, 0.2) is 6.92 Å². The van der Waals surface area contributed by atoms with E-state index < -0.39 is 6.92 Å². The van der Waals surface area contributed by atoms with Crippen molar-refractivity contribution in [2.75, 3.05) is 33.0 Å².